The summed E-state index contributed by atoms with van der Waals surface area (Å²) >= 11 is 0. The first-order valence-electron chi connectivity index (χ1n) is 4.45. The molecule has 0 heterocycles. The highest BCUT2D eigenvalue weighted by Gasteiger charge is 2.32. The summed E-state index contributed by atoms with van der Waals surface area (Å²) in [5.74, 6) is -0.405. The Kier molecular flexibility index (Phi) is 3.93. The minimum atomic E-state index is -4.57. The maximum atomic E-state index is 12.4. The third kappa shape index (κ3) is 3.50. The molecule has 0 aromatic heterocycles. The number of hydrogen-bond acceptors (Lipinski definition) is 3. The van der Waals surface area contributed by atoms with Crippen molar-refractivity contribution >= 4 is 19.7 Å². The van der Waals surface area contributed by atoms with Gasteiger partial charge in [0, 0.05) is 10.7 Å². The van der Waals surface area contributed by atoms with Crippen molar-refractivity contribution in [2.75, 3.05) is 6.61 Å². The second-order valence-electron chi connectivity index (χ2n) is 3.03. The first-order chi connectivity index (χ1) is 7.66. The van der Waals surface area contributed by atoms with Gasteiger partial charge in [-0.3, -0.25) is 0 Å². The largest absolute Gasteiger partial charge is 0.492 e. The van der Waals surface area contributed by atoms with Crippen molar-refractivity contribution in [1.29, 1.82) is 0 Å². The van der Waals surface area contributed by atoms with E-state index < -0.39 is 31.4 Å². The summed E-state index contributed by atoms with van der Waals surface area (Å²) in [7, 11) is 0.939. The number of hydrogen-bond donors (Lipinski definition) is 0. The van der Waals surface area contributed by atoms with Crippen LogP contribution < -0.4 is 4.74 Å². The van der Waals surface area contributed by atoms with E-state index >= 15 is 0 Å². The predicted molar refractivity (Wildman–Crippen MR) is 55.7 cm³/mol. The lowest BCUT2D eigenvalue weighted by Gasteiger charge is -2.11. The molecule has 0 aliphatic heterocycles. The monoisotopic (exact) mass is 288 g/mol. The molecule has 0 saturated carbocycles. The van der Waals surface area contributed by atoms with Crippen LogP contribution in [0.5, 0.6) is 5.75 Å². The highest BCUT2D eigenvalue weighted by atomic mass is 35.7. The average Bonchev–Trinajstić information content (AvgIpc) is 2.15. The lowest BCUT2D eigenvalue weighted by atomic mass is 10.2. The van der Waals surface area contributed by atoms with Gasteiger partial charge in [0.1, 0.15) is 10.6 Å². The normalized spacial score (nSPS) is 12.5. The molecular formula is C9H8ClF3O3S. The molecule has 0 unspecified atom stereocenters. The third-order valence-corrected chi connectivity index (χ3v) is 3.19. The predicted octanol–water partition coefficient (Wildman–Crippen LogP) is 3.03. The fourth-order valence-electron chi connectivity index (χ4n) is 1.15. The van der Waals surface area contributed by atoms with E-state index in [9.17, 15) is 21.6 Å². The molecule has 0 aliphatic rings. The molecule has 0 spiro atoms. The minimum Gasteiger partial charge on any atom is -0.492 e. The SMILES string of the molecule is CCOc1cc(C(F)(F)F)ccc1S(=O)(=O)Cl. The molecule has 1 aromatic rings. The summed E-state index contributed by atoms with van der Waals surface area (Å²) in [4.78, 5) is -0.478. The molecule has 0 atom stereocenters. The first kappa shape index (κ1) is 14.1. The van der Waals surface area contributed by atoms with E-state index in [1.54, 1.807) is 0 Å². The van der Waals surface area contributed by atoms with Gasteiger partial charge in [-0.1, -0.05) is 0 Å². The van der Waals surface area contributed by atoms with E-state index in [1.807, 2.05) is 0 Å². The van der Waals surface area contributed by atoms with Crippen LogP contribution in [0.1, 0.15) is 12.5 Å². The Bertz CT molecular complexity index is 511. The molecule has 1 aromatic carbocycles. The van der Waals surface area contributed by atoms with Gasteiger partial charge >= 0.3 is 6.18 Å². The Morgan fingerprint density at radius 1 is 1.35 bits per heavy atom. The van der Waals surface area contributed by atoms with Gasteiger partial charge in [-0.05, 0) is 25.1 Å². The molecule has 17 heavy (non-hydrogen) atoms. The Balaban J connectivity index is 3.37. The standard InChI is InChI=1S/C9H8ClF3O3S/c1-2-16-7-5-6(9(11,12)13)3-4-8(7)17(10,14)15/h3-5H,2H2,1H3. The van der Waals surface area contributed by atoms with Gasteiger partial charge in [-0.15, -0.1) is 0 Å². The molecule has 1 rings (SSSR count). The van der Waals surface area contributed by atoms with E-state index in [2.05, 4.69) is 0 Å². The van der Waals surface area contributed by atoms with Crippen LogP contribution in [0, 0.1) is 0 Å². The number of ether oxygens (including phenoxy) is 1. The number of rotatable bonds is 3. The zero-order valence-corrected chi connectivity index (χ0v) is 10.2. The van der Waals surface area contributed by atoms with Crippen molar-refractivity contribution in [1.82, 2.24) is 0 Å². The smallest absolute Gasteiger partial charge is 0.416 e. The van der Waals surface area contributed by atoms with E-state index in [1.165, 1.54) is 6.92 Å². The maximum Gasteiger partial charge on any atom is 0.416 e. The summed E-state index contributed by atoms with van der Waals surface area (Å²) in [5.41, 5.74) is -0.995. The van der Waals surface area contributed by atoms with E-state index in [0.717, 1.165) is 6.07 Å². The summed E-state index contributed by atoms with van der Waals surface area (Å²) < 4.78 is 64.2. The summed E-state index contributed by atoms with van der Waals surface area (Å²) in [6, 6.07) is 2.02. The third-order valence-electron chi connectivity index (χ3n) is 1.83. The Hall–Kier alpha value is -0.950. The lowest BCUT2D eigenvalue weighted by Crippen LogP contribution is -2.07. The molecule has 0 radical (unpaired) electrons. The summed E-state index contributed by atoms with van der Waals surface area (Å²) in [5, 5.41) is 0. The second kappa shape index (κ2) is 4.73. The number of benzene rings is 1. The van der Waals surface area contributed by atoms with Gasteiger partial charge in [0.15, 0.2) is 0 Å². The zero-order valence-electron chi connectivity index (χ0n) is 8.58. The maximum absolute atomic E-state index is 12.4. The average molecular weight is 289 g/mol. The number of halogens is 4. The Morgan fingerprint density at radius 3 is 2.35 bits per heavy atom. The molecule has 0 amide bonds. The van der Waals surface area contributed by atoms with Crippen molar-refractivity contribution in [3.63, 3.8) is 0 Å². The molecule has 0 saturated heterocycles. The van der Waals surface area contributed by atoms with Crippen LogP contribution in [0.3, 0.4) is 0 Å². The van der Waals surface area contributed by atoms with Crippen LogP contribution >= 0.6 is 10.7 Å². The van der Waals surface area contributed by atoms with Crippen LogP contribution in [0.2, 0.25) is 0 Å². The molecule has 8 heteroatoms. The van der Waals surface area contributed by atoms with Crippen LogP contribution in [0.15, 0.2) is 23.1 Å². The van der Waals surface area contributed by atoms with Crippen LogP contribution in [-0.4, -0.2) is 15.0 Å². The number of alkyl halides is 3. The second-order valence-corrected chi connectivity index (χ2v) is 5.56. The first-order valence-corrected chi connectivity index (χ1v) is 6.76. The Labute approximate surface area is 101 Å². The van der Waals surface area contributed by atoms with Crippen LogP contribution in [0.4, 0.5) is 13.2 Å². The fourth-order valence-corrected chi connectivity index (χ4v) is 2.13. The summed E-state index contributed by atoms with van der Waals surface area (Å²) in [6.45, 7) is 1.55. The van der Waals surface area contributed by atoms with Gasteiger partial charge in [0.25, 0.3) is 9.05 Å². The van der Waals surface area contributed by atoms with Crippen molar-refractivity contribution in [3.8, 4) is 5.75 Å². The van der Waals surface area contributed by atoms with Gasteiger partial charge < -0.3 is 4.74 Å². The highest BCUT2D eigenvalue weighted by Crippen LogP contribution is 2.35. The minimum absolute atomic E-state index is 0.0285. The fraction of sp³-hybridized carbons (Fsp3) is 0.333. The lowest BCUT2D eigenvalue weighted by molar-refractivity contribution is -0.137. The summed E-state index contributed by atoms with van der Waals surface area (Å²) in [6.07, 6.45) is -4.57. The molecule has 0 bridgehead atoms. The topological polar surface area (TPSA) is 43.4 Å². The highest BCUT2D eigenvalue weighted by molar-refractivity contribution is 8.13. The van der Waals surface area contributed by atoms with E-state index in [0.29, 0.717) is 12.1 Å². The molecule has 0 N–H and O–H groups in total. The van der Waals surface area contributed by atoms with Crippen molar-refractivity contribution in [2.45, 2.75) is 18.0 Å². The zero-order chi connectivity index (χ0) is 13.3. The molecule has 0 fully saturated rings. The van der Waals surface area contributed by atoms with Crippen molar-refractivity contribution in [2.24, 2.45) is 0 Å². The van der Waals surface area contributed by atoms with Gasteiger partial charge in [0.2, 0.25) is 0 Å². The molecule has 3 nitrogen and oxygen atoms in total. The molecule has 96 valence electrons. The van der Waals surface area contributed by atoms with Crippen molar-refractivity contribution < 1.29 is 26.3 Å². The van der Waals surface area contributed by atoms with Crippen LogP contribution in [-0.2, 0) is 15.2 Å². The van der Waals surface area contributed by atoms with Gasteiger partial charge in [-0.2, -0.15) is 13.2 Å². The van der Waals surface area contributed by atoms with Gasteiger partial charge in [0.05, 0.1) is 12.2 Å². The quantitative estimate of drug-likeness (QED) is 0.803. The van der Waals surface area contributed by atoms with Crippen LogP contribution in [0.25, 0.3) is 0 Å². The van der Waals surface area contributed by atoms with E-state index in [4.69, 9.17) is 15.4 Å². The molecular weight excluding hydrogens is 281 g/mol. The van der Waals surface area contributed by atoms with Crippen molar-refractivity contribution in [3.05, 3.63) is 23.8 Å². The van der Waals surface area contributed by atoms with E-state index in [-0.39, 0.29) is 6.61 Å². The van der Waals surface area contributed by atoms with Gasteiger partial charge in [-0.25, -0.2) is 8.42 Å². The molecule has 0 aliphatic carbocycles. The Morgan fingerprint density at radius 2 is 1.94 bits per heavy atom.